The molecule has 0 spiro atoms. The lowest BCUT2D eigenvalue weighted by molar-refractivity contribution is 0.1000. The molecule has 7 heteroatoms. The second-order valence-corrected chi connectivity index (χ2v) is 6.37. The van der Waals surface area contributed by atoms with Crippen molar-refractivity contribution in [2.75, 3.05) is 6.61 Å². The summed E-state index contributed by atoms with van der Waals surface area (Å²) in [6.07, 6.45) is 0. The number of nitrogens with two attached hydrogens (primary N) is 1. The van der Waals surface area contributed by atoms with Crippen LogP contribution < -0.4 is 21.1 Å². The molecule has 0 fully saturated rings. The fourth-order valence-electron chi connectivity index (χ4n) is 2.87. The van der Waals surface area contributed by atoms with Gasteiger partial charge in [-0.2, -0.15) is 0 Å². The Labute approximate surface area is 162 Å². The van der Waals surface area contributed by atoms with E-state index in [0.717, 1.165) is 10.9 Å². The van der Waals surface area contributed by atoms with E-state index in [1.807, 2.05) is 44.2 Å². The molecule has 2 aromatic carbocycles. The third-order valence-electron chi connectivity index (χ3n) is 4.27. The van der Waals surface area contributed by atoms with Crippen LogP contribution >= 0.6 is 0 Å². The van der Waals surface area contributed by atoms with Gasteiger partial charge in [0.05, 0.1) is 12.6 Å². The van der Waals surface area contributed by atoms with Crippen molar-refractivity contribution in [2.24, 2.45) is 5.73 Å². The van der Waals surface area contributed by atoms with Crippen molar-refractivity contribution in [3.05, 3.63) is 65.4 Å². The van der Waals surface area contributed by atoms with E-state index in [1.165, 1.54) is 0 Å². The van der Waals surface area contributed by atoms with Gasteiger partial charge in [-0.3, -0.25) is 4.79 Å². The fourth-order valence-corrected chi connectivity index (χ4v) is 2.87. The molecule has 0 aliphatic heterocycles. The Bertz CT molecular complexity index is 996. The van der Waals surface area contributed by atoms with E-state index in [4.69, 9.17) is 14.9 Å². The second-order valence-electron chi connectivity index (χ2n) is 6.37. The second kappa shape index (κ2) is 8.47. The molecule has 0 radical (unpaired) electrons. The molecule has 1 unspecified atom stereocenters. The number of rotatable bonds is 7. The number of nitrogens with one attached hydrogen (secondary N) is 2. The number of hydrogen-bond donors (Lipinski definition) is 3. The summed E-state index contributed by atoms with van der Waals surface area (Å²) in [7, 11) is 0. The highest BCUT2D eigenvalue weighted by Crippen LogP contribution is 2.31. The smallest absolute Gasteiger partial charge is 0.315 e. The number of hydrogen-bond acceptors (Lipinski definition) is 4. The van der Waals surface area contributed by atoms with Crippen LogP contribution in [0.1, 0.15) is 41.6 Å². The minimum absolute atomic E-state index is 0.272. The topological polar surface area (TPSA) is 107 Å². The molecule has 0 bridgehead atoms. The minimum atomic E-state index is -0.503. The molecular weight excluding hydrogens is 358 g/mol. The molecule has 1 heterocycles. The zero-order valence-corrected chi connectivity index (χ0v) is 15.8. The number of ether oxygens (including phenoxy) is 1. The largest absolute Gasteiger partial charge is 0.490 e. The quantitative estimate of drug-likeness (QED) is 0.582. The summed E-state index contributed by atoms with van der Waals surface area (Å²) in [6, 6.07) is 13.7. The molecule has 0 aliphatic rings. The van der Waals surface area contributed by atoms with Crippen LogP contribution in [0.5, 0.6) is 5.75 Å². The van der Waals surface area contributed by atoms with Gasteiger partial charge in [-0.15, -0.1) is 0 Å². The molecule has 28 heavy (non-hydrogen) atoms. The molecular formula is C21H23N3O4. The lowest BCUT2D eigenvalue weighted by atomic mass is 10.1. The highest BCUT2D eigenvalue weighted by Gasteiger charge is 2.16. The van der Waals surface area contributed by atoms with Gasteiger partial charge in [0.1, 0.15) is 5.76 Å². The first-order chi connectivity index (χ1) is 13.5. The lowest BCUT2D eigenvalue weighted by Gasteiger charge is -2.13. The predicted molar refractivity (Wildman–Crippen MR) is 106 cm³/mol. The summed E-state index contributed by atoms with van der Waals surface area (Å²) in [6.45, 7) is 4.57. The number of furan rings is 1. The molecule has 146 valence electrons. The summed E-state index contributed by atoms with van der Waals surface area (Å²) in [4.78, 5) is 23.5. The molecule has 0 aliphatic carbocycles. The zero-order valence-electron chi connectivity index (χ0n) is 15.8. The summed E-state index contributed by atoms with van der Waals surface area (Å²) >= 11 is 0. The van der Waals surface area contributed by atoms with Crippen LogP contribution in [0.25, 0.3) is 11.0 Å². The van der Waals surface area contributed by atoms with Crippen molar-refractivity contribution >= 4 is 22.9 Å². The van der Waals surface area contributed by atoms with Crippen molar-refractivity contribution in [3.63, 3.8) is 0 Å². The van der Waals surface area contributed by atoms with E-state index in [-0.39, 0.29) is 18.6 Å². The Hall–Kier alpha value is -3.48. The third-order valence-corrected chi connectivity index (χ3v) is 4.27. The van der Waals surface area contributed by atoms with E-state index < -0.39 is 5.91 Å². The average molecular weight is 381 g/mol. The van der Waals surface area contributed by atoms with Crippen LogP contribution in [0.4, 0.5) is 4.79 Å². The summed E-state index contributed by atoms with van der Waals surface area (Å²) in [5, 5.41) is 6.52. The molecule has 3 amide bonds. The first-order valence-corrected chi connectivity index (χ1v) is 9.06. The zero-order chi connectivity index (χ0) is 20.1. The molecule has 0 saturated heterocycles. The summed E-state index contributed by atoms with van der Waals surface area (Å²) < 4.78 is 11.5. The molecule has 4 N–H and O–H groups in total. The van der Waals surface area contributed by atoms with Gasteiger partial charge >= 0.3 is 6.03 Å². The number of fused-ring (bicyclic) bond motifs is 1. The Morgan fingerprint density at radius 1 is 1.18 bits per heavy atom. The van der Waals surface area contributed by atoms with Crippen molar-refractivity contribution in [3.8, 4) is 5.75 Å². The molecule has 1 atom stereocenters. The molecule has 0 saturated carbocycles. The number of benzene rings is 2. The summed E-state index contributed by atoms with van der Waals surface area (Å²) in [5.74, 6) is 0.807. The van der Waals surface area contributed by atoms with Gasteiger partial charge in [0.15, 0.2) is 11.3 Å². The standard InChI is InChI=1S/C21H23N3O4/c1-3-27-17-9-5-7-15-11-18(28-19(15)17)13(2)24-21(26)23-12-14-6-4-8-16(10-14)20(22)25/h4-11,13H,3,12H2,1-2H3,(H2,22,25)(H2,23,24,26). The van der Waals surface area contributed by atoms with Crippen molar-refractivity contribution in [1.29, 1.82) is 0 Å². The van der Waals surface area contributed by atoms with Gasteiger partial charge in [-0.25, -0.2) is 4.79 Å². The lowest BCUT2D eigenvalue weighted by Crippen LogP contribution is -2.36. The van der Waals surface area contributed by atoms with Crippen LogP contribution in [-0.4, -0.2) is 18.5 Å². The highest BCUT2D eigenvalue weighted by molar-refractivity contribution is 5.92. The number of carbonyl (C=O) groups excluding carboxylic acids is 2. The molecule has 3 aromatic rings. The SMILES string of the molecule is CCOc1cccc2cc(C(C)NC(=O)NCc3cccc(C(N)=O)c3)oc12. The number of amides is 3. The van der Waals surface area contributed by atoms with E-state index in [1.54, 1.807) is 18.2 Å². The number of urea groups is 1. The molecule has 3 rings (SSSR count). The first-order valence-electron chi connectivity index (χ1n) is 9.06. The normalized spacial score (nSPS) is 11.8. The van der Waals surface area contributed by atoms with Gasteiger partial charge in [-0.1, -0.05) is 24.3 Å². The van der Waals surface area contributed by atoms with Gasteiger partial charge in [0.2, 0.25) is 5.91 Å². The van der Waals surface area contributed by atoms with E-state index in [0.29, 0.717) is 29.3 Å². The monoisotopic (exact) mass is 381 g/mol. The Morgan fingerprint density at radius 3 is 2.71 bits per heavy atom. The number of carbonyl (C=O) groups is 2. The van der Waals surface area contributed by atoms with Crippen LogP contribution in [0.2, 0.25) is 0 Å². The van der Waals surface area contributed by atoms with Crippen LogP contribution in [0, 0.1) is 0 Å². The molecule has 1 aromatic heterocycles. The minimum Gasteiger partial charge on any atom is -0.490 e. The number of primary amides is 1. The molecule has 7 nitrogen and oxygen atoms in total. The average Bonchev–Trinajstić information content (AvgIpc) is 3.12. The van der Waals surface area contributed by atoms with E-state index in [2.05, 4.69) is 10.6 Å². The van der Waals surface area contributed by atoms with E-state index in [9.17, 15) is 9.59 Å². The van der Waals surface area contributed by atoms with Crippen molar-refractivity contribution in [2.45, 2.75) is 26.4 Å². The fraction of sp³-hybridized carbons (Fsp3) is 0.238. The number of para-hydroxylation sites is 1. The van der Waals surface area contributed by atoms with Crippen molar-refractivity contribution < 1.29 is 18.7 Å². The maximum atomic E-state index is 12.2. The van der Waals surface area contributed by atoms with Gasteiger partial charge < -0.3 is 25.5 Å². The Balaban J connectivity index is 1.62. The van der Waals surface area contributed by atoms with Crippen LogP contribution in [-0.2, 0) is 6.54 Å². The Kier molecular flexibility index (Phi) is 5.84. The van der Waals surface area contributed by atoms with Gasteiger partial charge in [-0.05, 0) is 43.7 Å². The third kappa shape index (κ3) is 4.43. The Morgan fingerprint density at radius 2 is 1.96 bits per heavy atom. The van der Waals surface area contributed by atoms with Crippen LogP contribution in [0.3, 0.4) is 0 Å². The maximum absolute atomic E-state index is 12.2. The summed E-state index contributed by atoms with van der Waals surface area (Å²) in [5.41, 5.74) is 7.12. The van der Waals surface area contributed by atoms with Gasteiger partial charge in [0, 0.05) is 17.5 Å². The highest BCUT2D eigenvalue weighted by atomic mass is 16.5. The predicted octanol–water partition coefficient (Wildman–Crippen LogP) is 3.49. The first kappa shape index (κ1) is 19.3. The van der Waals surface area contributed by atoms with Crippen LogP contribution in [0.15, 0.2) is 52.9 Å². The van der Waals surface area contributed by atoms with E-state index >= 15 is 0 Å². The van der Waals surface area contributed by atoms with Crippen molar-refractivity contribution in [1.82, 2.24) is 10.6 Å². The van der Waals surface area contributed by atoms with Gasteiger partial charge in [0.25, 0.3) is 0 Å². The maximum Gasteiger partial charge on any atom is 0.315 e.